The third kappa shape index (κ3) is 7.93. The van der Waals surface area contributed by atoms with E-state index in [-0.39, 0.29) is 0 Å². The van der Waals surface area contributed by atoms with Crippen LogP contribution in [0.25, 0.3) is 0 Å². The van der Waals surface area contributed by atoms with Crippen molar-refractivity contribution in [3.8, 4) is 0 Å². The molecule has 1 amide bonds. The van der Waals surface area contributed by atoms with Crippen molar-refractivity contribution in [3.05, 3.63) is 0 Å². The van der Waals surface area contributed by atoms with Crippen molar-refractivity contribution in [2.75, 3.05) is 13.2 Å². The van der Waals surface area contributed by atoms with Crippen molar-refractivity contribution >= 4 is 29.8 Å². The van der Waals surface area contributed by atoms with Gasteiger partial charge in [-0.15, -0.1) is 0 Å². The largest absolute Gasteiger partial charge is 0.480 e. The average Bonchev–Trinajstić information content (AvgIpc) is 2.60. The van der Waals surface area contributed by atoms with Crippen LogP contribution >= 0.6 is 0 Å². The van der Waals surface area contributed by atoms with E-state index >= 15 is 0 Å². The summed E-state index contributed by atoms with van der Waals surface area (Å²) in [5.41, 5.74) is 5.43. The summed E-state index contributed by atoms with van der Waals surface area (Å²) >= 11 is 0. The molecule has 1 heterocycles. The number of amides is 1. The van der Waals surface area contributed by atoms with E-state index in [1.165, 1.54) is 6.92 Å². The predicted molar refractivity (Wildman–Crippen MR) is 95.6 cm³/mol. The Morgan fingerprint density at radius 1 is 1.00 bits per heavy atom. The molecule has 1 aliphatic rings. The lowest BCUT2D eigenvalue weighted by molar-refractivity contribution is -0.278. The van der Waals surface area contributed by atoms with Crippen molar-refractivity contribution in [2.24, 2.45) is 5.73 Å². The highest BCUT2D eigenvalue weighted by Gasteiger charge is 2.51. The summed E-state index contributed by atoms with van der Waals surface area (Å²) in [5, 5.41) is 11.4. The van der Waals surface area contributed by atoms with Crippen LogP contribution in [0.1, 0.15) is 27.7 Å². The molecule has 1 saturated heterocycles. The fourth-order valence-corrected chi connectivity index (χ4v) is 2.70. The highest BCUT2D eigenvalue weighted by molar-refractivity contribution is 5.74. The van der Waals surface area contributed by atoms with Gasteiger partial charge in [0, 0.05) is 27.7 Å². The molecular formula is C17H26N2O11. The summed E-state index contributed by atoms with van der Waals surface area (Å²) in [6.07, 6.45) is -5.08. The quantitative estimate of drug-likeness (QED) is 0.269. The van der Waals surface area contributed by atoms with Gasteiger partial charge in [-0.3, -0.25) is 24.0 Å². The highest BCUT2D eigenvalue weighted by Crippen LogP contribution is 2.28. The summed E-state index contributed by atoms with van der Waals surface area (Å²) in [4.78, 5) is 57.1. The van der Waals surface area contributed by atoms with Gasteiger partial charge in [0.05, 0.1) is 6.61 Å². The lowest BCUT2D eigenvalue weighted by Crippen LogP contribution is -2.66. The Bertz CT molecular complexity index is 668. The standard InChI is InChI=1S/C17H26N2O11/c1-7(20)19-13-15(29-10(4)23)14(28-9(3)22)12(6-26-8(2)21)30-17(13)27-5-11(18)16(24)25/h11-15,17H,5-6,18H2,1-4H3,(H,19,20)(H,24,25)/t11-,12?,13+,14-,15?,17+/m0/s1. The van der Waals surface area contributed by atoms with Crippen molar-refractivity contribution in [3.63, 3.8) is 0 Å². The van der Waals surface area contributed by atoms with Gasteiger partial charge in [-0.1, -0.05) is 0 Å². The summed E-state index contributed by atoms with van der Waals surface area (Å²) in [6.45, 7) is 3.62. The molecule has 0 spiro atoms. The maximum absolute atomic E-state index is 11.7. The van der Waals surface area contributed by atoms with Crippen LogP contribution < -0.4 is 11.1 Å². The molecule has 0 bridgehead atoms. The molecule has 0 radical (unpaired) electrons. The number of hydrogen-bond donors (Lipinski definition) is 3. The Labute approximate surface area is 172 Å². The van der Waals surface area contributed by atoms with E-state index in [2.05, 4.69) is 5.32 Å². The summed E-state index contributed by atoms with van der Waals surface area (Å²) in [5.74, 6) is -4.06. The first-order chi connectivity index (χ1) is 13.9. The zero-order valence-electron chi connectivity index (χ0n) is 17.0. The van der Waals surface area contributed by atoms with Crippen LogP contribution in [0.15, 0.2) is 0 Å². The Balaban J connectivity index is 3.27. The van der Waals surface area contributed by atoms with Crippen LogP contribution in [-0.2, 0) is 47.7 Å². The monoisotopic (exact) mass is 434 g/mol. The molecule has 4 N–H and O–H groups in total. The Kier molecular flexibility index (Phi) is 9.62. The molecule has 1 rings (SSSR count). The van der Waals surface area contributed by atoms with E-state index < -0.39 is 79.7 Å². The van der Waals surface area contributed by atoms with E-state index in [0.717, 1.165) is 20.8 Å². The van der Waals surface area contributed by atoms with E-state index in [1.807, 2.05) is 0 Å². The van der Waals surface area contributed by atoms with Crippen molar-refractivity contribution in [1.82, 2.24) is 5.32 Å². The third-order valence-corrected chi connectivity index (χ3v) is 3.83. The van der Waals surface area contributed by atoms with Gasteiger partial charge in [-0.25, -0.2) is 0 Å². The van der Waals surface area contributed by atoms with Gasteiger partial charge in [0.2, 0.25) is 5.91 Å². The number of nitrogens with one attached hydrogen (secondary N) is 1. The zero-order chi connectivity index (χ0) is 23.0. The van der Waals surface area contributed by atoms with Crippen LogP contribution in [-0.4, -0.2) is 84.8 Å². The Hall–Kier alpha value is -2.77. The fourth-order valence-electron chi connectivity index (χ4n) is 2.70. The van der Waals surface area contributed by atoms with Crippen LogP contribution in [0.4, 0.5) is 0 Å². The molecule has 0 aromatic rings. The zero-order valence-corrected chi connectivity index (χ0v) is 17.0. The highest BCUT2D eigenvalue weighted by atomic mass is 16.7. The number of carboxylic acids is 1. The van der Waals surface area contributed by atoms with Crippen LogP contribution in [0, 0.1) is 0 Å². The molecule has 1 fully saturated rings. The lowest BCUT2D eigenvalue weighted by atomic mass is 9.96. The summed E-state index contributed by atoms with van der Waals surface area (Å²) in [6, 6.07) is -2.60. The Morgan fingerprint density at radius 3 is 2.03 bits per heavy atom. The maximum atomic E-state index is 11.7. The van der Waals surface area contributed by atoms with Gasteiger partial charge < -0.3 is 39.8 Å². The lowest BCUT2D eigenvalue weighted by Gasteiger charge is -2.45. The molecular weight excluding hydrogens is 408 g/mol. The minimum absolute atomic E-state index is 0.400. The van der Waals surface area contributed by atoms with Crippen molar-refractivity contribution < 1.29 is 52.8 Å². The first-order valence-corrected chi connectivity index (χ1v) is 8.92. The number of nitrogens with two attached hydrogens (primary N) is 1. The number of esters is 3. The minimum atomic E-state index is -1.41. The van der Waals surface area contributed by atoms with Gasteiger partial charge in [0.25, 0.3) is 0 Å². The smallest absolute Gasteiger partial charge is 0.322 e. The molecule has 0 aliphatic carbocycles. The number of rotatable bonds is 9. The van der Waals surface area contributed by atoms with Crippen molar-refractivity contribution in [2.45, 2.75) is 64.4 Å². The number of carboxylic acid groups (broad SMARTS) is 1. The molecule has 30 heavy (non-hydrogen) atoms. The van der Waals surface area contributed by atoms with Gasteiger partial charge in [-0.2, -0.15) is 0 Å². The predicted octanol–water partition coefficient (Wildman–Crippen LogP) is -1.93. The molecule has 0 saturated carbocycles. The number of ether oxygens (including phenoxy) is 5. The molecule has 170 valence electrons. The molecule has 2 unspecified atom stereocenters. The average molecular weight is 434 g/mol. The summed E-state index contributed by atoms with van der Waals surface area (Å²) in [7, 11) is 0. The molecule has 0 aromatic carbocycles. The molecule has 13 heteroatoms. The second-order valence-corrected chi connectivity index (χ2v) is 6.50. The maximum Gasteiger partial charge on any atom is 0.322 e. The van der Waals surface area contributed by atoms with Gasteiger partial charge >= 0.3 is 23.9 Å². The third-order valence-electron chi connectivity index (χ3n) is 3.83. The van der Waals surface area contributed by atoms with E-state index in [1.54, 1.807) is 0 Å². The number of carbonyl (C=O) groups is 5. The first kappa shape index (κ1) is 25.3. The van der Waals surface area contributed by atoms with Crippen LogP contribution in [0.3, 0.4) is 0 Å². The minimum Gasteiger partial charge on any atom is -0.480 e. The van der Waals surface area contributed by atoms with E-state index in [0.29, 0.717) is 0 Å². The van der Waals surface area contributed by atoms with Gasteiger partial charge in [-0.05, 0) is 0 Å². The first-order valence-electron chi connectivity index (χ1n) is 8.92. The number of hydrogen-bond acceptors (Lipinski definition) is 11. The Morgan fingerprint density at radius 2 is 1.57 bits per heavy atom. The topological polar surface area (TPSA) is 190 Å². The second kappa shape index (κ2) is 11.4. The second-order valence-electron chi connectivity index (χ2n) is 6.50. The molecule has 6 atom stereocenters. The van der Waals surface area contributed by atoms with E-state index in [4.69, 9.17) is 34.5 Å². The van der Waals surface area contributed by atoms with E-state index in [9.17, 15) is 24.0 Å². The molecule has 1 aliphatic heterocycles. The number of carbonyl (C=O) groups excluding carboxylic acids is 4. The van der Waals surface area contributed by atoms with Gasteiger partial charge in [0.15, 0.2) is 18.5 Å². The normalized spacial score (nSPS) is 26.8. The molecule has 0 aromatic heterocycles. The fraction of sp³-hybridized carbons (Fsp3) is 0.706. The number of aliphatic carboxylic acids is 1. The van der Waals surface area contributed by atoms with Crippen molar-refractivity contribution in [1.29, 1.82) is 0 Å². The van der Waals surface area contributed by atoms with Gasteiger partial charge in [0.1, 0.15) is 24.8 Å². The van der Waals surface area contributed by atoms with Crippen LogP contribution in [0.2, 0.25) is 0 Å². The SMILES string of the molecule is CC(=O)N[C@@H]1C(OC(C)=O)[C@@H](OC(C)=O)C(COC(C)=O)O[C@H]1OC[C@H](N)C(=O)O. The molecule has 13 nitrogen and oxygen atoms in total. The van der Waals surface area contributed by atoms with Crippen LogP contribution in [0.5, 0.6) is 0 Å². The summed E-state index contributed by atoms with van der Waals surface area (Å²) < 4.78 is 26.5.